The van der Waals surface area contributed by atoms with Gasteiger partial charge in [0.25, 0.3) is 5.56 Å². The largest absolute Gasteiger partial charge is 0.497 e. The van der Waals surface area contributed by atoms with Crippen molar-refractivity contribution in [2.24, 2.45) is 0 Å². The molecule has 3 aromatic rings. The Morgan fingerprint density at radius 1 is 1.03 bits per heavy atom. The lowest BCUT2D eigenvalue weighted by molar-refractivity contribution is 0.0743. The van der Waals surface area contributed by atoms with Gasteiger partial charge in [0, 0.05) is 18.9 Å². The minimum atomic E-state index is -0.0104. The summed E-state index contributed by atoms with van der Waals surface area (Å²) in [6.07, 6.45) is 0.939. The fourth-order valence-corrected chi connectivity index (χ4v) is 3.80. The van der Waals surface area contributed by atoms with Crippen LogP contribution in [0.1, 0.15) is 20.3 Å². The average molecular weight is 429 g/mol. The molecule has 0 saturated heterocycles. The molecule has 0 radical (unpaired) electrons. The molecule has 0 aliphatic rings. The van der Waals surface area contributed by atoms with E-state index in [1.807, 2.05) is 62.4 Å². The number of thioether (sulfide) groups is 1. The quantitative estimate of drug-likeness (QED) is 0.256. The van der Waals surface area contributed by atoms with Crippen molar-refractivity contribution in [2.45, 2.75) is 38.1 Å². The Labute approximate surface area is 181 Å². The Morgan fingerprint density at radius 3 is 2.50 bits per heavy atom. The van der Waals surface area contributed by atoms with E-state index >= 15 is 0 Å². The molecule has 0 saturated carbocycles. The fourth-order valence-electron chi connectivity index (χ4n) is 2.96. The summed E-state index contributed by atoms with van der Waals surface area (Å²) in [6, 6.07) is 15.0. The number of benzene rings is 2. The lowest BCUT2D eigenvalue weighted by Crippen LogP contribution is -2.24. The summed E-state index contributed by atoms with van der Waals surface area (Å²) in [7, 11) is 1.64. The molecule has 0 amide bonds. The molecule has 160 valence electrons. The van der Waals surface area contributed by atoms with Gasteiger partial charge in [-0.25, -0.2) is 4.98 Å². The molecule has 7 heteroatoms. The second-order valence-electron chi connectivity index (χ2n) is 7.01. The van der Waals surface area contributed by atoms with Crippen molar-refractivity contribution in [3.63, 3.8) is 0 Å². The zero-order chi connectivity index (χ0) is 21.3. The van der Waals surface area contributed by atoms with Gasteiger partial charge >= 0.3 is 0 Å². The van der Waals surface area contributed by atoms with Gasteiger partial charge in [0.1, 0.15) is 11.5 Å². The molecule has 1 aromatic heterocycles. The normalized spacial score (nSPS) is 11.2. The minimum absolute atomic E-state index is 0.0104. The smallest absolute Gasteiger partial charge is 0.262 e. The molecular formula is C23H28N2O4S. The van der Waals surface area contributed by atoms with Gasteiger partial charge in [0.15, 0.2) is 5.16 Å². The number of aromatic nitrogens is 2. The highest BCUT2D eigenvalue weighted by Gasteiger charge is 2.11. The van der Waals surface area contributed by atoms with E-state index in [0.717, 1.165) is 23.4 Å². The molecule has 0 atom stereocenters. The Balaban J connectivity index is 1.67. The van der Waals surface area contributed by atoms with Crippen molar-refractivity contribution in [2.75, 3.05) is 26.1 Å². The predicted molar refractivity (Wildman–Crippen MR) is 121 cm³/mol. The fraction of sp³-hybridized carbons (Fsp3) is 0.391. The molecule has 0 aliphatic heterocycles. The summed E-state index contributed by atoms with van der Waals surface area (Å²) in [5.41, 5.74) is 0.708. The van der Waals surface area contributed by atoms with Crippen molar-refractivity contribution >= 4 is 22.7 Å². The van der Waals surface area contributed by atoms with Crippen LogP contribution < -0.4 is 15.0 Å². The first kappa shape index (κ1) is 22.2. The second-order valence-corrected chi connectivity index (χ2v) is 8.08. The maximum atomic E-state index is 13.0. The van der Waals surface area contributed by atoms with E-state index in [0.29, 0.717) is 36.1 Å². The summed E-state index contributed by atoms with van der Waals surface area (Å²) in [4.78, 5) is 17.7. The molecular weight excluding hydrogens is 400 g/mol. The van der Waals surface area contributed by atoms with E-state index in [1.54, 1.807) is 11.7 Å². The summed E-state index contributed by atoms with van der Waals surface area (Å²) in [5, 5.41) is 1.35. The van der Waals surface area contributed by atoms with Gasteiger partial charge in [0.05, 0.1) is 30.7 Å². The number of nitrogens with zero attached hydrogens (tertiary/aromatic N) is 2. The third-order valence-electron chi connectivity index (χ3n) is 4.45. The van der Waals surface area contributed by atoms with Crippen LogP contribution in [-0.4, -0.2) is 41.7 Å². The molecule has 0 aliphatic carbocycles. The van der Waals surface area contributed by atoms with Crippen molar-refractivity contribution in [3.05, 3.63) is 58.9 Å². The zero-order valence-electron chi connectivity index (χ0n) is 17.7. The highest BCUT2D eigenvalue weighted by atomic mass is 32.2. The van der Waals surface area contributed by atoms with Gasteiger partial charge in [0.2, 0.25) is 0 Å². The van der Waals surface area contributed by atoms with Crippen LogP contribution in [0.5, 0.6) is 11.5 Å². The molecule has 3 rings (SSSR count). The van der Waals surface area contributed by atoms with Gasteiger partial charge in [-0.15, -0.1) is 0 Å². The lowest BCUT2D eigenvalue weighted by Gasteiger charge is -2.14. The Morgan fingerprint density at radius 2 is 1.77 bits per heavy atom. The first-order valence-corrected chi connectivity index (χ1v) is 11.1. The summed E-state index contributed by atoms with van der Waals surface area (Å²) < 4.78 is 18.3. The highest BCUT2D eigenvalue weighted by molar-refractivity contribution is 7.99. The Bertz CT molecular complexity index is 1000. The molecule has 0 bridgehead atoms. The van der Waals surface area contributed by atoms with Crippen LogP contribution in [0.2, 0.25) is 0 Å². The molecule has 1 heterocycles. The van der Waals surface area contributed by atoms with Crippen LogP contribution in [0.25, 0.3) is 10.9 Å². The summed E-state index contributed by atoms with van der Waals surface area (Å²) in [5.74, 6) is 2.26. The van der Waals surface area contributed by atoms with Gasteiger partial charge in [-0.1, -0.05) is 23.9 Å². The lowest BCUT2D eigenvalue weighted by atomic mass is 10.2. The standard InChI is InChI=1S/C23H28N2O4S/c1-17(2)28-14-6-13-25-22(26)20-7-4-5-8-21(20)24-23(25)30-16-15-29-19-11-9-18(27-3)10-12-19/h4-5,7-12,17H,6,13-16H2,1-3H3. The van der Waals surface area contributed by atoms with Crippen LogP contribution >= 0.6 is 11.8 Å². The minimum Gasteiger partial charge on any atom is -0.497 e. The number of hydrogen-bond acceptors (Lipinski definition) is 6. The summed E-state index contributed by atoms with van der Waals surface area (Å²) in [6.45, 7) is 5.71. The Hall–Kier alpha value is -2.51. The first-order chi connectivity index (χ1) is 14.6. The van der Waals surface area contributed by atoms with Crippen LogP contribution in [0.15, 0.2) is 58.5 Å². The number of methoxy groups -OCH3 is 1. The molecule has 0 unspecified atom stereocenters. The molecule has 30 heavy (non-hydrogen) atoms. The molecule has 6 nitrogen and oxygen atoms in total. The third kappa shape index (κ3) is 6.00. The van der Waals surface area contributed by atoms with E-state index in [9.17, 15) is 4.79 Å². The van der Waals surface area contributed by atoms with E-state index < -0.39 is 0 Å². The van der Waals surface area contributed by atoms with E-state index in [1.165, 1.54) is 11.8 Å². The predicted octanol–water partition coefficient (Wildman–Crippen LogP) is 4.39. The number of ether oxygens (including phenoxy) is 3. The molecule has 0 fully saturated rings. The zero-order valence-corrected chi connectivity index (χ0v) is 18.5. The van der Waals surface area contributed by atoms with Gasteiger partial charge in [-0.05, 0) is 56.7 Å². The Kier molecular flexibility index (Phi) is 8.16. The second kappa shape index (κ2) is 11.0. The van der Waals surface area contributed by atoms with E-state index in [4.69, 9.17) is 19.2 Å². The first-order valence-electron chi connectivity index (χ1n) is 10.1. The van der Waals surface area contributed by atoms with Crippen molar-refractivity contribution in [3.8, 4) is 11.5 Å². The molecule has 0 spiro atoms. The van der Waals surface area contributed by atoms with Crippen LogP contribution in [0.3, 0.4) is 0 Å². The molecule has 2 aromatic carbocycles. The number of rotatable bonds is 11. The highest BCUT2D eigenvalue weighted by Crippen LogP contribution is 2.20. The average Bonchev–Trinajstić information content (AvgIpc) is 2.76. The van der Waals surface area contributed by atoms with Crippen LogP contribution in [-0.2, 0) is 11.3 Å². The van der Waals surface area contributed by atoms with Gasteiger partial charge < -0.3 is 14.2 Å². The topological polar surface area (TPSA) is 62.6 Å². The van der Waals surface area contributed by atoms with Crippen molar-refractivity contribution in [1.82, 2.24) is 9.55 Å². The van der Waals surface area contributed by atoms with Gasteiger partial charge in [-0.3, -0.25) is 9.36 Å². The summed E-state index contributed by atoms with van der Waals surface area (Å²) >= 11 is 1.53. The van der Waals surface area contributed by atoms with Crippen molar-refractivity contribution < 1.29 is 14.2 Å². The molecule has 0 N–H and O–H groups in total. The third-order valence-corrected chi connectivity index (χ3v) is 5.39. The van der Waals surface area contributed by atoms with Crippen LogP contribution in [0, 0.1) is 0 Å². The monoisotopic (exact) mass is 428 g/mol. The van der Waals surface area contributed by atoms with Crippen LogP contribution in [0.4, 0.5) is 0 Å². The number of para-hydroxylation sites is 1. The van der Waals surface area contributed by atoms with E-state index in [2.05, 4.69) is 0 Å². The van der Waals surface area contributed by atoms with Gasteiger partial charge in [-0.2, -0.15) is 0 Å². The van der Waals surface area contributed by atoms with E-state index in [-0.39, 0.29) is 11.7 Å². The SMILES string of the molecule is COc1ccc(OCCSc2nc3ccccc3c(=O)n2CCCOC(C)C)cc1. The number of fused-ring (bicyclic) bond motifs is 1. The maximum Gasteiger partial charge on any atom is 0.262 e. The number of hydrogen-bond donors (Lipinski definition) is 0. The van der Waals surface area contributed by atoms with Crippen molar-refractivity contribution in [1.29, 1.82) is 0 Å². The maximum absolute atomic E-state index is 13.0.